The van der Waals surface area contributed by atoms with Crippen molar-refractivity contribution in [3.8, 4) is 22.6 Å². The molecule has 4 rings (SSSR count). The fourth-order valence-corrected chi connectivity index (χ4v) is 5.75. The molecule has 184 valence electrons. The molecule has 0 atom stereocenters. The molecule has 0 aliphatic heterocycles. The molecule has 7 heteroatoms. The van der Waals surface area contributed by atoms with Gasteiger partial charge in [-0.1, -0.05) is 44.2 Å². The highest BCUT2D eigenvalue weighted by Crippen LogP contribution is 2.43. The van der Waals surface area contributed by atoms with Gasteiger partial charge in [-0.25, -0.2) is 0 Å². The predicted molar refractivity (Wildman–Crippen MR) is 146 cm³/mol. The minimum Gasteiger partial charge on any atom is -0.493 e. The Morgan fingerprint density at radius 3 is 2.40 bits per heavy atom. The largest absolute Gasteiger partial charge is 0.493 e. The molecule has 35 heavy (non-hydrogen) atoms. The zero-order valence-electron chi connectivity index (χ0n) is 21.4. The number of nitrogen functional groups attached to an aromatic ring is 1. The van der Waals surface area contributed by atoms with E-state index >= 15 is 0 Å². The second kappa shape index (κ2) is 10.6. The van der Waals surface area contributed by atoms with Crippen LogP contribution in [0.5, 0.6) is 11.5 Å². The summed E-state index contributed by atoms with van der Waals surface area (Å²) in [6.07, 6.45) is 1.63. The molecule has 0 spiro atoms. The average Bonchev–Trinajstić information content (AvgIpc) is 3.24. The Bertz CT molecular complexity index is 1320. The number of ether oxygens (including phenoxy) is 2. The second-order valence-corrected chi connectivity index (χ2v) is 10.3. The van der Waals surface area contributed by atoms with Crippen molar-refractivity contribution < 1.29 is 9.47 Å². The molecule has 0 unspecified atom stereocenters. The van der Waals surface area contributed by atoms with Crippen molar-refractivity contribution in [2.45, 2.75) is 39.2 Å². The summed E-state index contributed by atoms with van der Waals surface area (Å²) in [5, 5.41) is 12.9. The highest BCUT2D eigenvalue weighted by atomic mass is 32.1. The number of fused-ring (bicyclic) bond motifs is 1. The summed E-state index contributed by atoms with van der Waals surface area (Å²) < 4.78 is 11.6. The number of benzene rings is 2. The number of hydrogen-bond donors (Lipinski definition) is 1. The van der Waals surface area contributed by atoms with Crippen LogP contribution >= 0.6 is 11.3 Å². The Morgan fingerprint density at radius 2 is 1.77 bits per heavy atom. The third-order valence-electron chi connectivity index (χ3n) is 6.21. The number of anilines is 1. The van der Waals surface area contributed by atoms with Gasteiger partial charge in [-0.2, -0.15) is 5.10 Å². The van der Waals surface area contributed by atoms with Gasteiger partial charge in [0.05, 0.1) is 19.9 Å². The SMILES string of the molecule is COc1cc2c(N)nnc(C(C)C)c2c(CCc2scc(CN(C)C)c2-c2ccccc2)c1OC. The third kappa shape index (κ3) is 4.97. The number of nitrogens with zero attached hydrogens (tertiary/aromatic N) is 3. The third-order valence-corrected chi connectivity index (χ3v) is 7.30. The molecule has 6 nitrogen and oxygen atoms in total. The summed E-state index contributed by atoms with van der Waals surface area (Å²) in [4.78, 5) is 3.57. The molecule has 0 saturated carbocycles. The van der Waals surface area contributed by atoms with Crippen LogP contribution in [0.3, 0.4) is 0 Å². The molecule has 2 N–H and O–H groups in total. The first kappa shape index (κ1) is 24.9. The van der Waals surface area contributed by atoms with E-state index in [1.54, 1.807) is 14.2 Å². The average molecular weight is 491 g/mol. The Morgan fingerprint density at radius 1 is 1.03 bits per heavy atom. The molecule has 0 bridgehead atoms. The van der Waals surface area contributed by atoms with E-state index in [-0.39, 0.29) is 5.92 Å². The van der Waals surface area contributed by atoms with E-state index in [0.717, 1.165) is 47.2 Å². The van der Waals surface area contributed by atoms with Crippen LogP contribution in [-0.4, -0.2) is 43.4 Å². The van der Waals surface area contributed by atoms with E-state index in [1.165, 1.54) is 21.6 Å². The maximum absolute atomic E-state index is 6.29. The lowest BCUT2D eigenvalue weighted by atomic mass is 9.93. The fourth-order valence-electron chi connectivity index (χ4n) is 4.69. The monoisotopic (exact) mass is 490 g/mol. The first-order valence-electron chi connectivity index (χ1n) is 11.8. The van der Waals surface area contributed by atoms with E-state index in [0.29, 0.717) is 11.6 Å². The van der Waals surface area contributed by atoms with Gasteiger partial charge in [0, 0.05) is 33.3 Å². The minimum absolute atomic E-state index is 0.191. The van der Waals surface area contributed by atoms with E-state index in [2.05, 4.69) is 78.8 Å². The van der Waals surface area contributed by atoms with Crippen molar-refractivity contribution in [2.75, 3.05) is 34.0 Å². The number of aromatic nitrogens is 2. The van der Waals surface area contributed by atoms with Crippen LogP contribution in [-0.2, 0) is 19.4 Å². The van der Waals surface area contributed by atoms with Gasteiger partial charge in [0.2, 0.25) is 0 Å². The lowest BCUT2D eigenvalue weighted by Gasteiger charge is -2.19. The summed E-state index contributed by atoms with van der Waals surface area (Å²) in [6, 6.07) is 12.6. The molecule has 2 heterocycles. The molecule has 0 amide bonds. The van der Waals surface area contributed by atoms with Crippen LogP contribution in [0.2, 0.25) is 0 Å². The summed E-state index contributed by atoms with van der Waals surface area (Å²) >= 11 is 1.82. The zero-order chi connectivity index (χ0) is 25.1. The van der Waals surface area contributed by atoms with Crippen molar-refractivity contribution in [1.29, 1.82) is 0 Å². The van der Waals surface area contributed by atoms with Crippen molar-refractivity contribution in [3.63, 3.8) is 0 Å². The van der Waals surface area contributed by atoms with E-state index in [1.807, 2.05) is 17.4 Å². The first-order valence-corrected chi connectivity index (χ1v) is 12.7. The van der Waals surface area contributed by atoms with Crippen molar-refractivity contribution >= 4 is 27.9 Å². The van der Waals surface area contributed by atoms with Crippen molar-refractivity contribution in [1.82, 2.24) is 15.1 Å². The van der Waals surface area contributed by atoms with Crippen LogP contribution < -0.4 is 15.2 Å². The number of hydrogen-bond acceptors (Lipinski definition) is 7. The van der Waals surface area contributed by atoms with Gasteiger partial charge in [-0.05, 0) is 55.4 Å². The van der Waals surface area contributed by atoms with Crippen LogP contribution in [0.15, 0.2) is 41.8 Å². The normalized spacial score (nSPS) is 11.5. The Kier molecular flexibility index (Phi) is 7.57. The lowest BCUT2D eigenvalue weighted by Crippen LogP contribution is -2.11. The molecular formula is C28H34N4O2S. The number of rotatable bonds is 9. The van der Waals surface area contributed by atoms with Crippen molar-refractivity contribution in [3.05, 3.63) is 63.5 Å². The minimum atomic E-state index is 0.191. The number of aryl methyl sites for hydroxylation is 2. The zero-order valence-corrected chi connectivity index (χ0v) is 22.2. The van der Waals surface area contributed by atoms with Crippen LogP contribution in [0.1, 0.15) is 41.5 Å². The van der Waals surface area contributed by atoms with Gasteiger partial charge < -0.3 is 20.1 Å². The van der Waals surface area contributed by atoms with Crippen LogP contribution in [0.25, 0.3) is 21.9 Å². The van der Waals surface area contributed by atoms with Crippen LogP contribution in [0.4, 0.5) is 5.82 Å². The fraction of sp³-hybridized carbons (Fsp3) is 0.357. The molecule has 0 aliphatic rings. The molecule has 2 aromatic heterocycles. The molecule has 0 fully saturated rings. The van der Waals surface area contributed by atoms with E-state index in [9.17, 15) is 0 Å². The maximum Gasteiger partial charge on any atom is 0.164 e. The smallest absolute Gasteiger partial charge is 0.164 e. The van der Waals surface area contributed by atoms with Gasteiger partial charge in [0.15, 0.2) is 17.3 Å². The number of methoxy groups -OCH3 is 2. The lowest BCUT2D eigenvalue weighted by molar-refractivity contribution is 0.352. The summed E-state index contributed by atoms with van der Waals surface area (Å²) in [5.74, 6) is 1.99. The molecule has 4 aromatic rings. The van der Waals surface area contributed by atoms with Crippen molar-refractivity contribution in [2.24, 2.45) is 0 Å². The summed E-state index contributed by atoms with van der Waals surface area (Å²) in [5.41, 5.74) is 12.2. The molecule has 2 aromatic carbocycles. The number of thiophene rings is 1. The van der Waals surface area contributed by atoms with Gasteiger partial charge in [0.25, 0.3) is 0 Å². The second-order valence-electron chi connectivity index (χ2n) is 9.30. The highest BCUT2D eigenvalue weighted by molar-refractivity contribution is 7.10. The Hall–Kier alpha value is -3.16. The summed E-state index contributed by atoms with van der Waals surface area (Å²) in [6.45, 7) is 5.15. The van der Waals surface area contributed by atoms with E-state index in [4.69, 9.17) is 15.2 Å². The molecule has 0 aliphatic carbocycles. The van der Waals surface area contributed by atoms with Gasteiger partial charge >= 0.3 is 0 Å². The molecule has 0 saturated heterocycles. The number of nitrogens with two attached hydrogens (primary N) is 1. The first-order chi connectivity index (χ1) is 16.8. The predicted octanol–water partition coefficient (Wildman–Crippen LogP) is 5.93. The molecular weight excluding hydrogens is 456 g/mol. The van der Waals surface area contributed by atoms with Crippen LogP contribution in [0, 0.1) is 0 Å². The maximum atomic E-state index is 6.29. The molecule has 0 radical (unpaired) electrons. The van der Waals surface area contributed by atoms with E-state index < -0.39 is 0 Å². The Labute approximate surface area is 211 Å². The highest BCUT2D eigenvalue weighted by Gasteiger charge is 2.23. The van der Waals surface area contributed by atoms with Gasteiger partial charge in [-0.3, -0.25) is 0 Å². The summed E-state index contributed by atoms with van der Waals surface area (Å²) in [7, 11) is 7.56. The quantitative estimate of drug-likeness (QED) is 0.314. The topological polar surface area (TPSA) is 73.5 Å². The standard InChI is InChI=1S/C28H34N4O2S/c1-17(2)26-25-20(27(34-6)22(33-5)14-21(25)28(29)31-30-26)12-13-23-24(18-10-8-7-9-11-18)19(16-35-23)15-32(3)4/h7-11,14,16-17H,12-13,15H2,1-6H3,(H2,29,31). The van der Waals surface area contributed by atoms with Gasteiger partial charge in [-0.15, -0.1) is 16.4 Å². The van der Waals surface area contributed by atoms with Gasteiger partial charge in [0.1, 0.15) is 0 Å². The Balaban J connectivity index is 1.85.